The third-order valence-electron chi connectivity index (χ3n) is 4.18. The molecule has 0 spiro atoms. The fraction of sp³-hybridized carbons (Fsp3) is 0.381. The second-order valence-electron chi connectivity index (χ2n) is 7.75. The zero-order valence-corrected chi connectivity index (χ0v) is 16.0. The standard InChI is InChI=1S/C21H27N3O2/c1-14(2)18(20(26)23-17-7-6-12-22-13-17)24-19(25)15-8-10-16(11-9-15)21(3,4)5/h6-14,18H,1-5H3,(H,23,26)(H,24,25). The van der Waals surface area contributed by atoms with Crippen molar-refractivity contribution >= 4 is 17.5 Å². The molecule has 0 saturated heterocycles. The fourth-order valence-electron chi connectivity index (χ4n) is 2.54. The van der Waals surface area contributed by atoms with Gasteiger partial charge in [0.05, 0.1) is 11.9 Å². The van der Waals surface area contributed by atoms with Crippen LogP contribution in [-0.2, 0) is 10.2 Å². The van der Waals surface area contributed by atoms with E-state index >= 15 is 0 Å². The van der Waals surface area contributed by atoms with Gasteiger partial charge in [-0.2, -0.15) is 0 Å². The molecule has 0 aliphatic rings. The molecule has 1 aromatic carbocycles. The van der Waals surface area contributed by atoms with Crippen molar-refractivity contribution in [3.05, 3.63) is 59.9 Å². The van der Waals surface area contributed by atoms with Gasteiger partial charge in [0.15, 0.2) is 0 Å². The van der Waals surface area contributed by atoms with E-state index in [9.17, 15) is 9.59 Å². The van der Waals surface area contributed by atoms with Crippen LogP contribution in [0.1, 0.15) is 50.5 Å². The van der Waals surface area contributed by atoms with E-state index < -0.39 is 6.04 Å². The molecule has 138 valence electrons. The molecular formula is C21H27N3O2. The molecule has 0 fully saturated rings. The molecule has 0 aliphatic carbocycles. The van der Waals surface area contributed by atoms with Gasteiger partial charge in [-0.1, -0.05) is 46.8 Å². The fourth-order valence-corrected chi connectivity index (χ4v) is 2.54. The molecule has 2 aromatic rings. The number of nitrogens with one attached hydrogen (secondary N) is 2. The molecule has 1 heterocycles. The highest BCUT2D eigenvalue weighted by Gasteiger charge is 2.25. The third kappa shape index (κ3) is 5.15. The Bertz CT molecular complexity index is 747. The van der Waals surface area contributed by atoms with Gasteiger partial charge in [0.1, 0.15) is 6.04 Å². The molecule has 0 radical (unpaired) electrons. The topological polar surface area (TPSA) is 71.1 Å². The van der Waals surface area contributed by atoms with Crippen molar-refractivity contribution in [2.24, 2.45) is 5.92 Å². The predicted octanol–water partition coefficient (Wildman–Crippen LogP) is 3.77. The lowest BCUT2D eigenvalue weighted by atomic mass is 9.86. The first-order valence-corrected chi connectivity index (χ1v) is 8.81. The van der Waals surface area contributed by atoms with Gasteiger partial charge in [0.25, 0.3) is 5.91 Å². The van der Waals surface area contributed by atoms with Crippen molar-refractivity contribution in [2.75, 3.05) is 5.32 Å². The van der Waals surface area contributed by atoms with E-state index in [4.69, 9.17) is 0 Å². The SMILES string of the molecule is CC(C)C(NC(=O)c1ccc(C(C)(C)C)cc1)C(=O)Nc1cccnc1. The quantitative estimate of drug-likeness (QED) is 0.859. The first-order valence-electron chi connectivity index (χ1n) is 8.81. The Morgan fingerprint density at radius 3 is 2.19 bits per heavy atom. The summed E-state index contributed by atoms with van der Waals surface area (Å²) in [6.45, 7) is 10.2. The summed E-state index contributed by atoms with van der Waals surface area (Å²) in [5.74, 6) is -0.567. The lowest BCUT2D eigenvalue weighted by Crippen LogP contribution is -2.47. The Morgan fingerprint density at radius 1 is 1.04 bits per heavy atom. The van der Waals surface area contributed by atoms with Crippen molar-refractivity contribution in [3.63, 3.8) is 0 Å². The van der Waals surface area contributed by atoms with Crippen LogP contribution in [-0.4, -0.2) is 22.8 Å². The molecule has 2 N–H and O–H groups in total. The lowest BCUT2D eigenvalue weighted by Gasteiger charge is -2.22. The molecule has 0 saturated carbocycles. The zero-order chi connectivity index (χ0) is 19.3. The number of carbonyl (C=O) groups excluding carboxylic acids is 2. The molecule has 2 amide bonds. The first kappa shape index (κ1) is 19.6. The monoisotopic (exact) mass is 353 g/mol. The number of nitrogens with zero attached hydrogens (tertiary/aromatic N) is 1. The van der Waals surface area contributed by atoms with E-state index in [1.807, 2.05) is 26.0 Å². The van der Waals surface area contributed by atoms with Crippen LogP contribution in [0.5, 0.6) is 0 Å². The highest BCUT2D eigenvalue weighted by Crippen LogP contribution is 2.22. The number of rotatable bonds is 5. The number of pyridine rings is 1. The maximum atomic E-state index is 12.6. The highest BCUT2D eigenvalue weighted by molar-refractivity contribution is 6.01. The Labute approximate surface area is 155 Å². The number of aromatic nitrogens is 1. The van der Waals surface area contributed by atoms with Crippen LogP contribution in [0.2, 0.25) is 0 Å². The maximum Gasteiger partial charge on any atom is 0.251 e. The van der Waals surface area contributed by atoms with Crippen molar-refractivity contribution in [1.82, 2.24) is 10.3 Å². The first-order chi connectivity index (χ1) is 12.2. The second-order valence-corrected chi connectivity index (χ2v) is 7.75. The number of carbonyl (C=O) groups is 2. The number of amides is 2. The summed E-state index contributed by atoms with van der Waals surface area (Å²) in [5, 5.41) is 5.63. The molecular weight excluding hydrogens is 326 g/mol. The van der Waals surface area contributed by atoms with Crippen LogP contribution >= 0.6 is 0 Å². The van der Waals surface area contributed by atoms with Gasteiger partial charge in [0, 0.05) is 11.8 Å². The highest BCUT2D eigenvalue weighted by atomic mass is 16.2. The second kappa shape index (κ2) is 8.13. The molecule has 1 atom stereocenters. The molecule has 5 heteroatoms. The minimum atomic E-state index is -0.634. The van der Waals surface area contributed by atoms with Gasteiger partial charge in [-0.15, -0.1) is 0 Å². The normalized spacial score (nSPS) is 12.5. The minimum absolute atomic E-state index is 0.0269. The van der Waals surface area contributed by atoms with E-state index in [0.717, 1.165) is 5.56 Å². The molecule has 5 nitrogen and oxygen atoms in total. The molecule has 0 aliphatic heterocycles. The number of anilines is 1. The summed E-state index contributed by atoms with van der Waals surface area (Å²) in [7, 11) is 0. The van der Waals surface area contributed by atoms with E-state index in [1.165, 1.54) is 0 Å². The number of benzene rings is 1. The van der Waals surface area contributed by atoms with Gasteiger partial charge >= 0.3 is 0 Å². The van der Waals surface area contributed by atoms with Crippen LogP contribution in [0, 0.1) is 5.92 Å². The van der Waals surface area contributed by atoms with Crippen molar-refractivity contribution < 1.29 is 9.59 Å². The Morgan fingerprint density at radius 2 is 1.69 bits per heavy atom. The number of hydrogen-bond acceptors (Lipinski definition) is 3. The van der Waals surface area contributed by atoms with Gasteiger partial charge in [0.2, 0.25) is 5.91 Å². The van der Waals surface area contributed by atoms with Crippen LogP contribution in [0.3, 0.4) is 0 Å². The van der Waals surface area contributed by atoms with Gasteiger partial charge in [-0.3, -0.25) is 14.6 Å². The Hall–Kier alpha value is -2.69. The molecule has 26 heavy (non-hydrogen) atoms. The van der Waals surface area contributed by atoms with Gasteiger partial charge in [-0.05, 0) is 41.2 Å². The Kier molecular flexibility index (Phi) is 6.14. The molecule has 1 unspecified atom stereocenters. The number of hydrogen-bond donors (Lipinski definition) is 2. The average Bonchev–Trinajstić information content (AvgIpc) is 2.59. The van der Waals surface area contributed by atoms with E-state index in [1.54, 1.807) is 36.7 Å². The lowest BCUT2D eigenvalue weighted by molar-refractivity contribution is -0.118. The molecule has 0 bridgehead atoms. The van der Waals surface area contributed by atoms with Crippen molar-refractivity contribution in [1.29, 1.82) is 0 Å². The van der Waals surface area contributed by atoms with Crippen LogP contribution in [0.4, 0.5) is 5.69 Å². The molecule has 1 aromatic heterocycles. The van der Waals surface area contributed by atoms with E-state index in [0.29, 0.717) is 11.3 Å². The van der Waals surface area contributed by atoms with Crippen LogP contribution in [0.15, 0.2) is 48.8 Å². The smallest absolute Gasteiger partial charge is 0.251 e. The molecule has 2 rings (SSSR count). The summed E-state index contributed by atoms with van der Waals surface area (Å²) in [6.07, 6.45) is 3.21. The van der Waals surface area contributed by atoms with Gasteiger partial charge in [-0.25, -0.2) is 0 Å². The summed E-state index contributed by atoms with van der Waals surface area (Å²) in [6, 6.07) is 10.4. The average molecular weight is 353 g/mol. The van der Waals surface area contributed by atoms with Crippen LogP contribution in [0.25, 0.3) is 0 Å². The van der Waals surface area contributed by atoms with Crippen molar-refractivity contribution in [3.8, 4) is 0 Å². The minimum Gasteiger partial charge on any atom is -0.340 e. The Balaban J connectivity index is 2.09. The largest absolute Gasteiger partial charge is 0.340 e. The van der Waals surface area contributed by atoms with Crippen LogP contribution < -0.4 is 10.6 Å². The van der Waals surface area contributed by atoms with Gasteiger partial charge < -0.3 is 10.6 Å². The summed E-state index contributed by atoms with van der Waals surface area (Å²) in [4.78, 5) is 29.1. The predicted molar refractivity (Wildman–Crippen MR) is 104 cm³/mol. The van der Waals surface area contributed by atoms with Crippen molar-refractivity contribution in [2.45, 2.75) is 46.1 Å². The maximum absolute atomic E-state index is 12.6. The van der Waals surface area contributed by atoms with E-state index in [2.05, 4.69) is 36.4 Å². The van der Waals surface area contributed by atoms with E-state index in [-0.39, 0.29) is 23.1 Å². The summed E-state index contributed by atoms with van der Waals surface area (Å²) < 4.78 is 0. The summed E-state index contributed by atoms with van der Waals surface area (Å²) >= 11 is 0. The third-order valence-corrected chi connectivity index (χ3v) is 4.18. The zero-order valence-electron chi connectivity index (χ0n) is 16.0. The summed E-state index contributed by atoms with van der Waals surface area (Å²) in [5.41, 5.74) is 2.33.